The van der Waals surface area contributed by atoms with Crippen LogP contribution in [0.2, 0.25) is 0 Å². The molecule has 1 aromatic carbocycles. The Hall–Kier alpha value is -1.49. The highest BCUT2D eigenvalue weighted by molar-refractivity contribution is 8.15. The number of hydrogen-bond acceptors (Lipinski definition) is 4. The summed E-state index contributed by atoms with van der Waals surface area (Å²) in [7, 11) is 0. The fourth-order valence-corrected chi connectivity index (χ4v) is 4.85. The summed E-state index contributed by atoms with van der Waals surface area (Å²) in [5.41, 5.74) is 2.42. The molecule has 1 aliphatic carbocycles. The van der Waals surface area contributed by atoms with Gasteiger partial charge in [0.2, 0.25) is 5.91 Å². The number of aryl methyl sites for hydroxylation is 1. The summed E-state index contributed by atoms with van der Waals surface area (Å²) in [6, 6.07) is 6.25. The third-order valence-electron chi connectivity index (χ3n) is 5.25. The second kappa shape index (κ2) is 5.86. The van der Waals surface area contributed by atoms with E-state index in [-0.39, 0.29) is 22.0 Å². The molecule has 2 amide bonds. The van der Waals surface area contributed by atoms with Crippen LogP contribution in [0.15, 0.2) is 18.2 Å². The van der Waals surface area contributed by atoms with Crippen molar-refractivity contribution < 1.29 is 14.3 Å². The minimum atomic E-state index is -0.297. The average Bonchev–Trinajstić information content (AvgIpc) is 2.86. The van der Waals surface area contributed by atoms with Crippen molar-refractivity contribution in [1.29, 1.82) is 0 Å². The van der Waals surface area contributed by atoms with Gasteiger partial charge >= 0.3 is 0 Å². The molecule has 1 saturated carbocycles. The SMILES string of the molecule is O=C1NC(=O)C(Cc2ccc3c(c2)CCC2(CCCCC2)O3)S1. The molecular formula is C18H21NO3S. The van der Waals surface area contributed by atoms with Crippen LogP contribution < -0.4 is 10.1 Å². The molecule has 5 heteroatoms. The van der Waals surface area contributed by atoms with Gasteiger partial charge in [0.1, 0.15) is 11.4 Å². The Morgan fingerprint density at radius 2 is 2.00 bits per heavy atom. The summed E-state index contributed by atoms with van der Waals surface area (Å²) >= 11 is 1.09. The maximum Gasteiger partial charge on any atom is 0.286 e. The van der Waals surface area contributed by atoms with Gasteiger partial charge in [-0.2, -0.15) is 0 Å². The van der Waals surface area contributed by atoms with Gasteiger partial charge in [0, 0.05) is 0 Å². The molecule has 4 rings (SSSR count). The van der Waals surface area contributed by atoms with Crippen molar-refractivity contribution in [3.05, 3.63) is 29.3 Å². The largest absolute Gasteiger partial charge is 0.487 e. The van der Waals surface area contributed by atoms with Gasteiger partial charge < -0.3 is 4.74 Å². The lowest BCUT2D eigenvalue weighted by Gasteiger charge is -2.41. The monoisotopic (exact) mass is 331 g/mol. The molecule has 0 bridgehead atoms. The van der Waals surface area contributed by atoms with Crippen LogP contribution in [0.25, 0.3) is 0 Å². The first-order valence-electron chi connectivity index (χ1n) is 8.46. The second-order valence-electron chi connectivity index (χ2n) is 6.88. The van der Waals surface area contributed by atoms with E-state index in [1.54, 1.807) is 0 Å². The van der Waals surface area contributed by atoms with E-state index in [9.17, 15) is 9.59 Å². The predicted octanol–water partition coefficient (Wildman–Crippen LogP) is 3.61. The maximum atomic E-state index is 11.7. The number of ether oxygens (including phenoxy) is 1. The summed E-state index contributed by atoms with van der Waals surface area (Å²) in [5, 5.41) is 1.82. The van der Waals surface area contributed by atoms with Crippen LogP contribution in [-0.2, 0) is 17.6 Å². The molecule has 4 nitrogen and oxygen atoms in total. The van der Waals surface area contributed by atoms with Crippen molar-refractivity contribution in [2.75, 3.05) is 0 Å². The molecule has 1 aromatic rings. The first kappa shape index (κ1) is 15.1. The van der Waals surface area contributed by atoms with E-state index in [2.05, 4.69) is 17.4 Å². The quantitative estimate of drug-likeness (QED) is 0.899. The zero-order valence-corrected chi connectivity index (χ0v) is 13.9. The van der Waals surface area contributed by atoms with Crippen molar-refractivity contribution in [2.45, 2.75) is 62.2 Å². The molecule has 2 heterocycles. The highest BCUT2D eigenvalue weighted by Crippen LogP contribution is 2.42. The number of carbonyl (C=O) groups is 2. The van der Waals surface area contributed by atoms with E-state index in [0.717, 1.165) is 35.9 Å². The van der Waals surface area contributed by atoms with Crippen molar-refractivity contribution in [3.63, 3.8) is 0 Å². The van der Waals surface area contributed by atoms with Gasteiger partial charge in [-0.15, -0.1) is 0 Å². The molecule has 1 unspecified atom stereocenters. The summed E-state index contributed by atoms with van der Waals surface area (Å²) < 4.78 is 6.38. The Balaban J connectivity index is 1.49. The number of benzene rings is 1. The molecule has 23 heavy (non-hydrogen) atoms. The van der Waals surface area contributed by atoms with Gasteiger partial charge in [-0.25, -0.2) is 0 Å². The number of rotatable bonds is 2. The normalized spacial score (nSPS) is 25.8. The number of nitrogens with one attached hydrogen (secondary N) is 1. The predicted molar refractivity (Wildman–Crippen MR) is 89.8 cm³/mol. The van der Waals surface area contributed by atoms with Crippen molar-refractivity contribution >= 4 is 22.9 Å². The first-order valence-corrected chi connectivity index (χ1v) is 9.34. The first-order chi connectivity index (χ1) is 11.1. The van der Waals surface area contributed by atoms with Crippen molar-refractivity contribution in [1.82, 2.24) is 5.32 Å². The van der Waals surface area contributed by atoms with Crippen LogP contribution in [0, 0.1) is 0 Å². The number of hydrogen-bond donors (Lipinski definition) is 1. The van der Waals surface area contributed by atoms with Crippen LogP contribution in [0.3, 0.4) is 0 Å². The fraction of sp³-hybridized carbons (Fsp3) is 0.556. The zero-order chi connectivity index (χ0) is 15.9. The topological polar surface area (TPSA) is 55.4 Å². The van der Waals surface area contributed by atoms with E-state index in [1.807, 2.05) is 6.07 Å². The minimum Gasteiger partial charge on any atom is -0.487 e. The number of fused-ring (bicyclic) bond motifs is 1. The van der Waals surface area contributed by atoms with E-state index in [1.165, 1.54) is 37.7 Å². The third kappa shape index (κ3) is 2.99. The van der Waals surface area contributed by atoms with Gasteiger partial charge in [-0.1, -0.05) is 30.3 Å². The van der Waals surface area contributed by atoms with Gasteiger partial charge in [0.15, 0.2) is 0 Å². The average molecular weight is 331 g/mol. The Bertz CT molecular complexity index is 652. The fourth-order valence-electron chi connectivity index (χ4n) is 3.99. The molecule has 2 fully saturated rings. The molecular weight excluding hydrogens is 310 g/mol. The van der Waals surface area contributed by atoms with Gasteiger partial charge in [0.25, 0.3) is 5.24 Å². The molecule has 1 atom stereocenters. The molecule has 0 aromatic heterocycles. The Labute approximate surface area is 140 Å². The van der Waals surface area contributed by atoms with E-state index >= 15 is 0 Å². The van der Waals surface area contributed by atoms with Gasteiger partial charge in [-0.3, -0.25) is 14.9 Å². The molecule has 2 aliphatic heterocycles. The molecule has 1 N–H and O–H groups in total. The number of thioether (sulfide) groups is 1. The van der Waals surface area contributed by atoms with E-state index in [0.29, 0.717) is 6.42 Å². The van der Waals surface area contributed by atoms with Crippen LogP contribution in [0.5, 0.6) is 5.75 Å². The molecule has 1 spiro atoms. The highest BCUT2D eigenvalue weighted by Gasteiger charge is 2.37. The second-order valence-corrected chi connectivity index (χ2v) is 8.05. The lowest BCUT2D eigenvalue weighted by atomic mass is 9.79. The Kier molecular flexibility index (Phi) is 3.84. The van der Waals surface area contributed by atoms with Crippen LogP contribution in [0.4, 0.5) is 4.79 Å². The molecule has 122 valence electrons. The zero-order valence-electron chi connectivity index (χ0n) is 13.1. The highest BCUT2D eigenvalue weighted by atomic mass is 32.2. The Morgan fingerprint density at radius 1 is 1.17 bits per heavy atom. The number of imide groups is 1. The van der Waals surface area contributed by atoms with Crippen LogP contribution in [0.1, 0.15) is 49.7 Å². The van der Waals surface area contributed by atoms with E-state index < -0.39 is 0 Å². The number of amides is 2. The van der Waals surface area contributed by atoms with Crippen LogP contribution in [-0.4, -0.2) is 22.0 Å². The van der Waals surface area contributed by atoms with Crippen molar-refractivity contribution in [3.8, 4) is 5.75 Å². The summed E-state index contributed by atoms with van der Waals surface area (Å²) in [6.07, 6.45) is 8.97. The molecule has 1 saturated heterocycles. The standard InChI is InChI=1S/C18H21NO3S/c20-16-15(23-17(21)19-16)11-12-4-5-14-13(10-12)6-9-18(22-14)7-2-1-3-8-18/h4-5,10,15H,1-3,6-9,11H2,(H,19,20,21). The Morgan fingerprint density at radius 3 is 2.74 bits per heavy atom. The van der Waals surface area contributed by atoms with Crippen molar-refractivity contribution in [2.24, 2.45) is 0 Å². The maximum absolute atomic E-state index is 11.7. The summed E-state index contributed by atoms with van der Waals surface area (Å²) in [5.74, 6) is 0.844. The third-order valence-corrected chi connectivity index (χ3v) is 6.24. The lowest BCUT2D eigenvalue weighted by Crippen LogP contribution is -2.41. The van der Waals surface area contributed by atoms with Gasteiger partial charge in [-0.05, 0) is 62.1 Å². The van der Waals surface area contributed by atoms with E-state index in [4.69, 9.17) is 4.74 Å². The number of carbonyl (C=O) groups excluding carboxylic acids is 2. The van der Waals surface area contributed by atoms with Crippen LogP contribution >= 0.6 is 11.8 Å². The summed E-state index contributed by atoms with van der Waals surface area (Å²) in [4.78, 5) is 23.0. The molecule has 0 radical (unpaired) electrons. The lowest BCUT2D eigenvalue weighted by molar-refractivity contribution is -0.118. The minimum absolute atomic E-state index is 0.0698. The van der Waals surface area contributed by atoms with Gasteiger partial charge in [0.05, 0.1) is 5.25 Å². The summed E-state index contributed by atoms with van der Waals surface area (Å²) in [6.45, 7) is 0. The molecule has 3 aliphatic rings. The smallest absolute Gasteiger partial charge is 0.286 e.